The van der Waals surface area contributed by atoms with Gasteiger partial charge >= 0.3 is 0 Å². The van der Waals surface area contributed by atoms with E-state index in [-0.39, 0.29) is 6.61 Å². The van der Waals surface area contributed by atoms with Crippen molar-refractivity contribution in [2.75, 3.05) is 6.61 Å². The predicted octanol–water partition coefficient (Wildman–Crippen LogP) is 4.35. The van der Waals surface area contributed by atoms with Gasteiger partial charge in [-0.2, -0.15) is 0 Å². The molecule has 0 aliphatic carbocycles. The van der Waals surface area contributed by atoms with Crippen molar-refractivity contribution in [3.8, 4) is 17.1 Å². The molecule has 0 saturated heterocycles. The maximum atomic E-state index is 10.6. The first-order valence-electron chi connectivity index (χ1n) is 8.98. The van der Waals surface area contributed by atoms with Gasteiger partial charge in [0, 0.05) is 0 Å². The van der Waals surface area contributed by atoms with Crippen LogP contribution in [-0.4, -0.2) is 27.4 Å². The zero-order chi connectivity index (χ0) is 18.8. The Hall–Kier alpha value is -3.05. The SMILES string of the molecule is Cc1ccc(C)c(OCC(O)Cn2c(-c3ccoc3)nc3ccccc32)c1. The van der Waals surface area contributed by atoms with Crippen LogP contribution in [0.15, 0.2) is 65.5 Å². The normalized spacial score (nSPS) is 12.4. The Bertz CT molecular complexity index is 1050. The monoisotopic (exact) mass is 362 g/mol. The van der Waals surface area contributed by atoms with E-state index in [4.69, 9.17) is 14.1 Å². The number of aromatic nitrogens is 2. The van der Waals surface area contributed by atoms with Crippen molar-refractivity contribution in [2.45, 2.75) is 26.5 Å². The molecule has 0 saturated carbocycles. The summed E-state index contributed by atoms with van der Waals surface area (Å²) in [4.78, 5) is 4.70. The van der Waals surface area contributed by atoms with Crippen LogP contribution in [0, 0.1) is 13.8 Å². The van der Waals surface area contributed by atoms with Crippen LogP contribution in [0.4, 0.5) is 0 Å². The molecular formula is C22H22N2O3. The molecule has 2 aromatic carbocycles. The summed E-state index contributed by atoms with van der Waals surface area (Å²) in [6.45, 7) is 4.62. The van der Waals surface area contributed by atoms with Gasteiger partial charge in [-0.1, -0.05) is 24.3 Å². The highest BCUT2D eigenvalue weighted by molar-refractivity contribution is 5.80. The lowest BCUT2D eigenvalue weighted by molar-refractivity contribution is 0.0934. The molecule has 4 rings (SSSR count). The molecular weight excluding hydrogens is 340 g/mol. The van der Waals surface area contributed by atoms with E-state index in [1.165, 1.54) is 0 Å². The van der Waals surface area contributed by atoms with Crippen molar-refractivity contribution in [1.29, 1.82) is 0 Å². The Morgan fingerprint density at radius 2 is 2.00 bits per heavy atom. The van der Waals surface area contributed by atoms with Gasteiger partial charge in [0.25, 0.3) is 0 Å². The van der Waals surface area contributed by atoms with E-state index >= 15 is 0 Å². The van der Waals surface area contributed by atoms with Crippen molar-refractivity contribution in [2.24, 2.45) is 0 Å². The molecule has 2 heterocycles. The highest BCUT2D eigenvalue weighted by Crippen LogP contribution is 2.26. The van der Waals surface area contributed by atoms with Crippen LogP contribution in [0.25, 0.3) is 22.4 Å². The Balaban J connectivity index is 1.57. The van der Waals surface area contributed by atoms with Crippen molar-refractivity contribution >= 4 is 11.0 Å². The highest BCUT2D eigenvalue weighted by atomic mass is 16.5. The van der Waals surface area contributed by atoms with Crippen LogP contribution in [0.5, 0.6) is 5.75 Å². The molecule has 5 nitrogen and oxygen atoms in total. The fourth-order valence-corrected chi connectivity index (χ4v) is 3.18. The minimum atomic E-state index is -0.673. The maximum absolute atomic E-state index is 10.6. The minimum absolute atomic E-state index is 0.210. The van der Waals surface area contributed by atoms with Gasteiger partial charge in [0.1, 0.15) is 30.5 Å². The molecule has 1 N–H and O–H groups in total. The molecule has 27 heavy (non-hydrogen) atoms. The van der Waals surface area contributed by atoms with Gasteiger partial charge in [0.2, 0.25) is 0 Å². The number of nitrogens with zero attached hydrogens (tertiary/aromatic N) is 2. The molecule has 0 fully saturated rings. The van der Waals surface area contributed by atoms with E-state index in [1.807, 2.05) is 66.9 Å². The van der Waals surface area contributed by atoms with Crippen molar-refractivity contribution < 1.29 is 14.3 Å². The minimum Gasteiger partial charge on any atom is -0.491 e. The Morgan fingerprint density at radius 3 is 2.81 bits per heavy atom. The van der Waals surface area contributed by atoms with E-state index in [9.17, 15) is 5.11 Å². The number of ether oxygens (including phenoxy) is 1. The third kappa shape index (κ3) is 3.59. The smallest absolute Gasteiger partial charge is 0.144 e. The lowest BCUT2D eigenvalue weighted by atomic mass is 10.1. The molecule has 0 aliphatic heterocycles. The number of aryl methyl sites for hydroxylation is 2. The lowest BCUT2D eigenvalue weighted by Gasteiger charge is -2.16. The van der Waals surface area contributed by atoms with Crippen LogP contribution in [0.3, 0.4) is 0 Å². The average molecular weight is 362 g/mol. The summed E-state index contributed by atoms with van der Waals surface area (Å²) in [6, 6.07) is 15.8. The third-order valence-corrected chi connectivity index (χ3v) is 4.60. The first-order chi connectivity index (χ1) is 13.1. The van der Waals surface area contributed by atoms with Gasteiger partial charge in [-0.05, 0) is 49.2 Å². The van der Waals surface area contributed by atoms with Crippen LogP contribution in [0.1, 0.15) is 11.1 Å². The zero-order valence-electron chi connectivity index (χ0n) is 15.4. The molecule has 2 aromatic heterocycles. The summed E-state index contributed by atoms with van der Waals surface area (Å²) in [7, 11) is 0. The fraction of sp³-hybridized carbons (Fsp3) is 0.227. The summed E-state index contributed by atoms with van der Waals surface area (Å²) in [5, 5.41) is 10.6. The van der Waals surface area contributed by atoms with Crippen LogP contribution < -0.4 is 4.74 Å². The topological polar surface area (TPSA) is 60.4 Å². The quantitative estimate of drug-likeness (QED) is 0.554. The van der Waals surface area contributed by atoms with Crippen molar-refractivity contribution in [1.82, 2.24) is 9.55 Å². The molecule has 0 amide bonds. The third-order valence-electron chi connectivity index (χ3n) is 4.60. The first kappa shape index (κ1) is 17.4. The number of para-hydroxylation sites is 2. The number of aliphatic hydroxyl groups excluding tert-OH is 1. The molecule has 0 aliphatic rings. The summed E-state index contributed by atoms with van der Waals surface area (Å²) >= 11 is 0. The number of imidazole rings is 1. The molecule has 1 atom stereocenters. The second-order valence-electron chi connectivity index (χ2n) is 6.78. The summed E-state index contributed by atoms with van der Waals surface area (Å²) < 4.78 is 13.1. The molecule has 1 unspecified atom stereocenters. The van der Waals surface area contributed by atoms with Gasteiger partial charge in [-0.25, -0.2) is 4.98 Å². The van der Waals surface area contributed by atoms with E-state index < -0.39 is 6.10 Å². The number of hydrogen-bond donors (Lipinski definition) is 1. The number of rotatable bonds is 6. The number of benzene rings is 2. The number of fused-ring (bicyclic) bond motifs is 1. The van der Waals surface area contributed by atoms with Crippen LogP contribution >= 0.6 is 0 Å². The van der Waals surface area contributed by atoms with E-state index in [1.54, 1.807) is 12.5 Å². The summed E-state index contributed by atoms with van der Waals surface area (Å²) in [6.07, 6.45) is 2.61. The van der Waals surface area contributed by atoms with Gasteiger partial charge in [-0.3, -0.25) is 0 Å². The van der Waals surface area contributed by atoms with Crippen LogP contribution in [-0.2, 0) is 6.54 Å². The second kappa shape index (κ2) is 7.29. The van der Waals surface area contributed by atoms with Gasteiger partial charge in [0.05, 0.1) is 29.4 Å². The van der Waals surface area contributed by atoms with Gasteiger partial charge < -0.3 is 18.8 Å². The summed E-state index contributed by atoms with van der Waals surface area (Å²) in [5.41, 5.74) is 4.93. The van der Waals surface area contributed by atoms with E-state index in [2.05, 4.69) is 0 Å². The number of furan rings is 1. The van der Waals surface area contributed by atoms with Crippen molar-refractivity contribution in [3.63, 3.8) is 0 Å². The second-order valence-corrected chi connectivity index (χ2v) is 6.78. The molecule has 138 valence electrons. The molecule has 0 radical (unpaired) electrons. The lowest BCUT2D eigenvalue weighted by Crippen LogP contribution is -2.24. The number of aliphatic hydroxyl groups is 1. The largest absolute Gasteiger partial charge is 0.491 e. The Morgan fingerprint density at radius 1 is 1.15 bits per heavy atom. The number of hydrogen-bond acceptors (Lipinski definition) is 4. The Labute approximate surface area is 157 Å². The zero-order valence-corrected chi connectivity index (χ0v) is 15.4. The fourth-order valence-electron chi connectivity index (χ4n) is 3.18. The first-order valence-corrected chi connectivity index (χ1v) is 8.98. The molecule has 4 aromatic rings. The van der Waals surface area contributed by atoms with Crippen molar-refractivity contribution in [3.05, 3.63) is 72.2 Å². The van der Waals surface area contributed by atoms with Gasteiger partial charge in [0.15, 0.2) is 0 Å². The van der Waals surface area contributed by atoms with Crippen LogP contribution in [0.2, 0.25) is 0 Å². The van der Waals surface area contributed by atoms with Gasteiger partial charge in [-0.15, -0.1) is 0 Å². The summed E-state index contributed by atoms with van der Waals surface area (Å²) in [5.74, 6) is 1.58. The molecule has 0 spiro atoms. The van der Waals surface area contributed by atoms with E-state index in [0.717, 1.165) is 39.3 Å². The standard InChI is InChI=1S/C22H22N2O3/c1-15-7-8-16(2)21(11-15)27-14-18(25)12-24-20-6-4-3-5-19(20)23-22(24)17-9-10-26-13-17/h3-11,13,18,25H,12,14H2,1-2H3. The predicted molar refractivity (Wildman–Crippen MR) is 105 cm³/mol. The Kier molecular flexibility index (Phi) is 4.69. The molecule has 5 heteroatoms. The molecule has 0 bridgehead atoms. The maximum Gasteiger partial charge on any atom is 0.144 e. The highest BCUT2D eigenvalue weighted by Gasteiger charge is 2.17. The van der Waals surface area contributed by atoms with E-state index in [0.29, 0.717) is 6.54 Å². The average Bonchev–Trinajstić information content (AvgIpc) is 3.31.